The van der Waals surface area contributed by atoms with Crippen LogP contribution in [0.5, 0.6) is 0 Å². The molecule has 5 nitrogen and oxygen atoms in total. The molecular formula is C14H20ClN3O2S. The molecule has 21 heavy (non-hydrogen) atoms. The molecule has 0 bridgehead atoms. The van der Waals surface area contributed by atoms with Crippen molar-refractivity contribution in [3.05, 3.63) is 22.7 Å². The summed E-state index contributed by atoms with van der Waals surface area (Å²) in [6, 6.07) is 3.43. The first-order chi connectivity index (χ1) is 9.89. The summed E-state index contributed by atoms with van der Waals surface area (Å²) in [5, 5.41) is 0.426. The number of benzene rings is 1. The first kappa shape index (κ1) is 15.1. The fourth-order valence-electron chi connectivity index (χ4n) is 3.24. The number of rotatable bonds is 2. The quantitative estimate of drug-likeness (QED) is 0.839. The number of halogens is 1. The molecule has 1 atom stereocenters. The monoisotopic (exact) mass is 329 g/mol. The Hall–Kier alpha value is -0.820. The van der Waals surface area contributed by atoms with Gasteiger partial charge in [0.05, 0.1) is 15.6 Å². The van der Waals surface area contributed by atoms with Crippen LogP contribution >= 0.6 is 11.6 Å². The summed E-state index contributed by atoms with van der Waals surface area (Å²) in [6.07, 6.45) is 2.24. The smallest absolute Gasteiger partial charge is 0.243 e. The SMILES string of the molecule is Cc1cc(S(=O)(=O)N2CCN3CCCC3C2)cc(N)c1Cl. The fraction of sp³-hybridized carbons (Fsp3) is 0.571. The van der Waals surface area contributed by atoms with Crippen molar-refractivity contribution in [1.29, 1.82) is 0 Å². The predicted molar refractivity (Wildman–Crippen MR) is 84.0 cm³/mol. The van der Waals surface area contributed by atoms with Gasteiger partial charge in [0.1, 0.15) is 0 Å². The van der Waals surface area contributed by atoms with Crippen LogP contribution in [0.15, 0.2) is 17.0 Å². The number of piperazine rings is 1. The highest BCUT2D eigenvalue weighted by molar-refractivity contribution is 7.89. The van der Waals surface area contributed by atoms with E-state index in [1.165, 1.54) is 6.07 Å². The van der Waals surface area contributed by atoms with Crippen LogP contribution in [0.3, 0.4) is 0 Å². The van der Waals surface area contributed by atoms with Crippen LogP contribution in [-0.2, 0) is 10.0 Å². The molecule has 2 fully saturated rings. The van der Waals surface area contributed by atoms with Crippen LogP contribution < -0.4 is 5.73 Å². The maximum atomic E-state index is 12.8. The van der Waals surface area contributed by atoms with E-state index in [1.54, 1.807) is 17.3 Å². The summed E-state index contributed by atoms with van der Waals surface area (Å²) in [6.45, 7) is 4.79. The lowest BCUT2D eigenvalue weighted by atomic mass is 10.2. The predicted octanol–water partition coefficient (Wildman–Crippen LogP) is 1.70. The van der Waals surface area contributed by atoms with Gasteiger partial charge in [0.25, 0.3) is 0 Å². The van der Waals surface area contributed by atoms with Gasteiger partial charge in [0, 0.05) is 25.7 Å². The molecule has 116 valence electrons. The standard InChI is InChI=1S/C14H20ClN3O2S/c1-10-7-12(8-13(16)14(10)15)21(19,20)18-6-5-17-4-2-3-11(17)9-18/h7-8,11H,2-6,9,16H2,1H3. The molecule has 2 saturated heterocycles. The molecule has 1 aromatic carbocycles. The number of nitrogens with two attached hydrogens (primary N) is 1. The highest BCUT2D eigenvalue weighted by Crippen LogP contribution is 2.30. The van der Waals surface area contributed by atoms with Crippen LogP contribution in [0.2, 0.25) is 5.02 Å². The summed E-state index contributed by atoms with van der Waals surface area (Å²) >= 11 is 6.02. The number of nitrogens with zero attached hydrogens (tertiary/aromatic N) is 2. The van der Waals surface area contributed by atoms with Crippen molar-refractivity contribution < 1.29 is 8.42 Å². The van der Waals surface area contributed by atoms with Crippen molar-refractivity contribution in [3.63, 3.8) is 0 Å². The van der Waals surface area contributed by atoms with Crippen LogP contribution in [0, 0.1) is 6.92 Å². The topological polar surface area (TPSA) is 66.6 Å². The Morgan fingerprint density at radius 3 is 2.76 bits per heavy atom. The minimum absolute atomic E-state index is 0.244. The van der Waals surface area contributed by atoms with Crippen molar-refractivity contribution in [1.82, 2.24) is 9.21 Å². The summed E-state index contributed by atoms with van der Waals surface area (Å²) < 4.78 is 27.2. The molecular weight excluding hydrogens is 310 g/mol. The Labute approximate surface area is 130 Å². The van der Waals surface area contributed by atoms with Gasteiger partial charge in [-0.05, 0) is 44.0 Å². The average Bonchev–Trinajstić information content (AvgIpc) is 2.91. The van der Waals surface area contributed by atoms with Crippen LogP contribution in [0.4, 0.5) is 5.69 Å². The van der Waals surface area contributed by atoms with Crippen molar-refractivity contribution >= 4 is 27.3 Å². The second kappa shape index (κ2) is 5.43. The fourth-order valence-corrected chi connectivity index (χ4v) is 4.94. The molecule has 2 N–H and O–H groups in total. The van der Waals surface area contributed by atoms with E-state index in [0.29, 0.717) is 35.4 Å². The van der Waals surface area contributed by atoms with E-state index in [4.69, 9.17) is 17.3 Å². The largest absolute Gasteiger partial charge is 0.397 e. The zero-order valence-electron chi connectivity index (χ0n) is 12.0. The lowest BCUT2D eigenvalue weighted by molar-refractivity contribution is 0.158. The van der Waals surface area contributed by atoms with Gasteiger partial charge in [-0.3, -0.25) is 4.90 Å². The van der Waals surface area contributed by atoms with E-state index >= 15 is 0 Å². The first-order valence-corrected chi connectivity index (χ1v) is 9.01. The number of fused-ring (bicyclic) bond motifs is 1. The van der Waals surface area contributed by atoms with Crippen LogP contribution in [0.1, 0.15) is 18.4 Å². The van der Waals surface area contributed by atoms with Crippen molar-refractivity contribution in [3.8, 4) is 0 Å². The molecule has 1 aromatic rings. The highest BCUT2D eigenvalue weighted by Gasteiger charge is 2.36. The van der Waals surface area contributed by atoms with E-state index in [2.05, 4.69) is 4.90 Å². The van der Waals surface area contributed by atoms with Crippen LogP contribution in [0.25, 0.3) is 0 Å². The molecule has 2 heterocycles. The number of aryl methyl sites for hydroxylation is 1. The molecule has 1 unspecified atom stereocenters. The summed E-state index contributed by atoms with van der Waals surface area (Å²) in [5.41, 5.74) is 6.81. The van der Waals surface area contributed by atoms with Gasteiger partial charge >= 0.3 is 0 Å². The maximum absolute atomic E-state index is 12.8. The van der Waals surface area contributed by atoms with E-state index in [0.717, 1.165) is 25.9 Å². The average molecular weight is 330 g/mol. The number of nitrogen functional groups attached to an aromatic ring is 1. The van der Waals surface area contributed by atoms with Crippen molar-refractivity contribution in [2.45, 2.75) is 30.7 Å². The lowest BCUT2D eigenvalue weighted by Gasteiger charge is -2.36. The third-order valence-corrected chi connectivity index (χ3v) is 6.80. The summed E-state index contributed by atoms with van der Waals surface area (Å²) in [5.74, 6) is 0. The van der Waals surface area contributed by atoms with E-state index in [-0.39, 0.29) is 4.90 Å². The molecule has 0 saturated carbocycles. The second-order valence-electron chi connectivity index (χ2n) is 5.84. The second-order valence-corrected chi connectivity index (χ2v) is 8.15. The normalized spacial score (nSPS) is 24.2. The molecule has 7 heteroatoms. The zero-order chi connectivity index (χ0) is 15.2. The summed E-state index contributed by atoms with van der Waals surface area (Å²) in [4.78, 5) is 2.63. The third-order valence-electron chi connectivity index (χ3n) is 4.44. The minimum Gasteiger partial charge on any atom is -0.397 e. The van der Waals surface area contributed by atoms with Gasteiger partial charge < -0.3 is 5.73 Å². The Balaban J connectivity index is 1.90. The van der Waals surface area contributed by atoms with Gasteiger partial charge in [-0.15, -0.1) is 0 Å². The van der Waals surface area contributed by atoms with E-state index < -0.39 is 10.0 Å². The number of anilines is 1. The Kier molecular flexibility index (Phi) is 3.90. The Morgan fingerprint density at radius 2 is 2.05 bits per heavy atom. The highest BCUT2D eigenvalue weighted by atomic mass is 35.5. The zero-order valence-corrected chi connectivity index (χ0v) is 13.6. The van der Waals surface area contributed by atoms with Gasteiger partial charge in [0.2, 0.25) is 10.0 Å². The summed E-state index contributed by atoms with van der Waals surface area (Å²) in [7, 11) is -3.49. The van der Waals surface area contributed by atoms with E-state index in [1.807, 2.05) is 0 Å². The van der Waals surface area contributed by atoms with Crippen LogP contribution in [-0.4, -0.2) is 49.8 Å². The lowest BCUT2D eigenvalue weighted by Crippen LogP contribution is -2.51. The molecule has 0 aliphatic carbocycles. The van der Waals surface area contributed by atoms with Crippen molar-refractivity contribution in [2.24, 2.45) is 0 Å². The molecule has 2 aliphatic heterocycles. The number of hydrogen-bond donors (Lipinski definition) is 1. The molecule has 0 radical (unpaired) electrons. The molecule has 0 aromatic heterocycles. The van der Waals surface area contributed by atoms with Gasteiger partial charge in [-0.1, -0.05) is 11.6 Å². The van der Waals surface area contributed by atoms with Gasteiger partial charge in [-0.2, -0.15) is 4.31 Å². The van der Waals surface area contributed by atoms with Crippen molar-refractivity contribution in [2.75, 3.05) is 31.9 Å². The number of hydrogen-bond acceptors (Lipinski definition) is 4. The molecule has 3 rings (SSSR count). The maximum Gasteiger partial charge on any atom is 0.243 e. The third kappa shape index (κ3) is 2.65. The molecule has 0 amide bonds. The first-order valence-electron chi connectivity index (χ1n) is 7.19. The van der Waals surface area contributed by atoms with E-state index in [9.17, 15) is 8.42 Å². The Morgan fingerprint density at radius 1 is 1.29 bits per heavy atom. The Bertz CT molecular complexity index is 639. The number of sulfonamides is 1. The minimum atomic E-state index is -3.49. The van der Waals surface area contributed by atoms with Gasteiger partial charge in [-0.25, -0.2) is 8.42 Å². The van der Waals surface area contributed by atoms with Gasteiger partial charge in [0.15, 0.2) is 0 Å². The molecule has 0 spiro atoms. The molecule has 2 aliphatic rings.